The monoisotopic (exact) mass is 483 g/mol. The number of carbonyl (C=O) groups excluding carboxylic acids is 1. The predicted octanol–water partition coefficient (Wildman–Crippen LogP) is 3.65. The molecule has 0 aromatic heterocycles. The van der Waals surface area contributed by atoms with E-state index in [9.17, 15) is 13.2 Å². The van der Waals surface area contributed by atoms with Crippen LogP contribution in [0.5, 0.6) is 0 Å². The summed E-state index contributed by atoms with van der Waals surface area (Å²) in [6.45, 7) is 0.492. The fraction of sp³-hybridized carbons (Fsp3) is 0.300. The van der Waals surface area contributed by atoms with Gasteiger partial charge in [0.05, 0.1) is 28.3 Å². The minimum atomic E-state index is -3.00. The SMILES string of the molecule is O=C(NCCc1ccc(Cl)cc1)c1ccc(Cl)c(NC2=N[C@H]3CS(=O)(=O)C[C@H]3S2)c1. The molecule has 2 heterocycles. The van der Waals surface area contributed by atoms with Gasteiger partial charge in [0.1, 0.15) is 0 Å². The van der Waals surface area contributed by atoms with Crippen LogP contribution in [-0.2, 0) is 16.3 Å². The molecule has 0 saturated carbocycles. The number of nitrogens with zero attached hydrogens (tertiary/aromatic N) is 1. The van der Waals surface area contributed by atoms with Crippen molar-refractivity contribution in [2.75, 3.05) is 23.4 Å². The van der Waals surface area contributed by atoms with Crippen LogP contribution in [0.2, 0.25) is 10.0 Å². The molecule has 10 heteroatoms. The van der Waals surface area contributed by atoms with Crippen molar-refractivity contribution < 1.29 is 13.2 Å². The zero-order valence-electron chi connectivity index (χ0n) is 15.8. The van der Waals surface area contributed by atoms with Crippen molar-refractivity contribution in [2.24, 2.45) is 4.99 Å². The van der Waals surface area contributed by atoms with Gasteiger partial charge < -0.3 is 10.6 Å². The van der Waals surface area contributed by atoms with Crippen LogP contribution >= 0.6 is 35.0 Å². The number of thioether (sulfide) groups is 1. The van der Waals surface area contributed by atoms with E-state index >= 15 is 0 Å². The van der Waals surface area contributed by atoms with Crippen LogP contribution in [0.25, 0.3) is 0 Å². The lowest BCUT2D eigenvalue weighted by molar-refractivity contribution is 0.0954. The molecule has 2 aliphatic heterocycles. The zero-order valence-corrected chi connectivity index (χ0v) is 18.9. The molecule has 2 aromatic rings. The molecule has 1 fully saturated rings. The minimum Gasteiger partial charge on any atom is -0.352 e. The second-order valence-electron chi connectivity index (χ2n) is 7.19. The quantitative estimate of drug-likeness (QED) is 0.677. The molecule has 1 saturated heterocycles. The normalized spacial score (nSPS) is 21.7. The Morgan fingerprint density at radius 3 is 2.63 bits per heavy atom. The van der Waals surface area contributed by atoms with Crippen molar-refractivity contribution in [3.05, 3.63) is 63.6 Å². The van der Waals surface area contributed by atoms with Crippen molar-refractivity contribution in [3.63, 3.8) is 0 Å². The van der Waals surface area contributed by atoms with Crippen LogP contribution in [0.4, 0.5) is 5.69 Å². The molecular weight excluding hydrogens is 465 g/mol. The molecule has 1 amide bonds. The minimum absolute atomic E-state index is 0.0596. The summed E-state index contributed by atoms with van der Waals surface area (Å²) in [5.74, 6) is 0.0214. The third-order valence-electron chi connectivity index (χ3n) is 4.90. The highest BCUT2D eigenvalue weighted by molar-refractivity contribution is 8.15. The van der Waals surface area contributed by atoms with Crippen LogP contribution < -0.4 is 10.6 Å². The Bertz CT molecular complexity index is 1100. The smallest absolute Gasteiger partial charge is 0.251 e. The van der Waals surface area contributed by atoms with Gasteiger partial charge in [-0.3, -0.25) is 9.79 Å². The molecule has 2 N–H and O–H groups in total. The summed E-state index contributed by atoms with van der Waals surface area (Å²) >= 11 is 13.6. The van der Waals surface area contributed by atoms with E-state index in [4.69, 9.17) is 23.2 Å². The molecule has 2 atom stereocenters. The van der Waals surface area contributed by atoms with E-state index in [1.165, 1.54) is 11.8 Å². The first kappa shape index (κ1) is 21.5. The Morgan fingerprint density at radius 1 is 1.13 bits per heavy atom. The van der Waals surface area contributed by atoms with Gasteiger partial charge in [0.2, 0.25) is 0 Å². The number of anilines is 1. The lowest BCUT2D eigenvalue weighted by Gasteiger charge is -2.11. The summed E-state index contributed by atoms with van der Waals surface area (Å²) in [5.41, 5.74) is 2.13. The summed E-state index contributed by atoms with van der Waals surface area (Å²) in [6.07, 6.45) is 0.695. The van der Waals surface area contributed by atoms with E-state index in [1.54, 1.807) is 18.2 Å². The fourth-order valence-corrected chi connectivity index (χ4v) is 7.33. The first-order valence-corrected chi connectivity index (χ1v) is 12.8. The van der Waals surface area contributed by atoms with E-state index in [-0.39, 0.29) is 28.7 Å². The standard InChI is InChI=1S/C20H19Cl2N3O3S2/c21-14-4-1-12(2-5-14)7-8-23-19(26)13-3-6-15(22)16(9-13)24-20-25-17-10-30(27,28)11-18(17)29-20/h1-6,9,17-18H,7-8,10-11H2,(H,23,26)(H,24,25)/t17-,18+/m0/s1. The number of benzene rings is 2. The lowest BCUT2D eigenvalue weighted by atomic mass is 10.1. The molecule has 2 aliphatic rings. The Balaban J connectivity index is 1.37. The van der Waals surface area contributed by atoms with Gasteiger partial charge in [0.25, 0.3) is 5.91 Å². The van der Waals surface area contributed by atoms with Gasteiger partial charge in [0.15, 0.2) is 15.0 Å². The summed E-state index contributed by atoms with van der Waals surface area (Å²) < 4.78 is 23.4. The third-order valence-corrected chi connectivity index (χ3v) is 8.62. The number of rotatable bonds is 5. The number of fused-ring (bicyclic) bond motifs is 1. The van der Waals surface area contributed by atoms with Gasteiger partial charge in [0, 0.05) is 22.4 Å². The van der Waals surface area contributed by atoms with Crippen molar-refractivity contribution >= 4 is 61.6 Å². The summed E-state index contributed by atoms with van der Waals surface area (Å²) in [6, 6.07) is 12.3. The summed E-state index contributed by atoms with van der Waals surface area (Å²) in [7, 11) is -3.00. The van der Waals surface area contributed by atoms with E-state index < -0.39 is 9.84 Å². The van der Waals surface area contributed by atoms with E-state index in [0.717, 1.165) is 5.56 Å². The Hall–Kier alpha value is -1.74. The van der Waals surface area contributed by atoms with Gasteiger partial charge in [-0.15, -0.1) is 0 Å². The van der Waals surface area contributed by atoms with E-state index in [1.807, 2.05) is 24.3 Å². The fourth-order valence-electron chi connectivity index (χ4n) is 3.37. The van der Waals surface area contributed by atoms with Gasteiger partial charge >= 0.3 is 0 Å². The van der Waals surface area contributed by atoms with Gasteiger partial charge in [-0.05, 0) is 42.3 Å². The lowest BCUT2D eigenvalue weighted by Crippen LogP contribution is -2.25. The van der Waals surface area contributed by atoms with Crippen LogP contribution in [0.3, 0.4) is 0 Å². The average molecular weight is 484 g/mol. The van der Waals surface area contributed by atoms with Crippen LogP contribution in [-0.4, -0.2) is 48.8 Å². The largest absolute Gasteiger partial charge is 0.352 e. The highest BCUT2D eigenvalue weighted by Crippen LogP contribution is 2.35. The molecule has 2 aromatic carbocycles. The predicted molar refractivity (Wildman–Crippen MR) is 124 cm³/mol. The maximum absolute atomic E-state index is 12.5. The number of carbonyl (C=O) groups is 1. The highest BCUT2D eigenvalue weighted by atomic mass is 35.5. The molecule has 0 unspecified atom stereocenters. The molecule has 0 aliphatic carbocycles. The molecule has 0 spiro atoms. The van der Waals surface area contributed by atoms with E-state index in [2.05, 4.69) is 15.6 Å². The number of hydrogen-bond acceptors (Lipinski definition) is 6. The molecule has 6 nitrogen and oxygen atoms in total. The highest BCUT2D eigenvalue weighted by Gasteiger charge is 2.42. The molecular formula is C20H19Cl2N3O3S2. The third kappa shape index (κ3) is 5.11. The maximum atomic E-state index is 12.5. The number of halogens is 2. The molecule has 158 valence electrons. The zero-order chi connectivity index (χ0) is 21.3. The average Bonchev–Trinajstić information content (AvgIpc) is 3.17. The summed E-state index contributed by atoms with van der Waals surface area (Å²) in [5, 5.41) is 7.75. The first-order valence-electron chi connectivity index (χ1n) is 9.33. The number of nitrogens with one attached hydrogen (secondary N) is 2. The first-order chi connectivity index (χ1) is 14.3. The number of hydrogen-bond donors (Lipinski definition) is 2. The van der Waals surface area contributed by atoms with Crippen molar-refractivity contribution in [3.8, 4) is 0 Å². The van der Waals surface area contributed by atoms with Crippen LogP contribution in [0.1, 0.15) is 15.9 Å². The van der Waals surface area contributed by atoms with Gasteiger partial charge in [-0.1, -0.05) is 47.1 Å². The molecule has 4 rings (SSSR count). The molecule has 0 radical (unpaired) electrons. The number of amidine groups is 1. The Morgan fingerprint density at radius 2 is 1.90 bits per heavy atom. The molecule has 30 heavy (non-hydrogen) atoms. The molecule has 0 bridgehead atoms. The maximum Gasteiger partial charge on any atom is 0.251 e. The second kappa shape index (κ2) is 8.78. The Kier molecular flexibility index (Phi) is 6.29. The van der Waals surface area contributed by atoms with Gasteiger partial charge in [-0.2, -0.15) is 0 Å². The number of amides is 1. The Labute approximate surface area is 189 Å². The van der Waals surface area contributed by atoms with Gasteiger partial charge in [-0.25, -0.2) is 8.42 Å². The van der Waals surface area contributed by atoms with Crippen LogP contribution in [0, 0.1) is 0 Å². The number of sulfone groups is 1. The van der Waals surface area contributed by atoms with Crippen molar-refractivity contribution in [1.82, 2.24) is 5.32 Å². The van der Waals surface area contributed by atoms with Crippen molar-refractivity contribution in [1.29, 1.82) is 0 Å². The van der Waals surface area contributed by atoms with Crippen LogP contribution in [0.15, 0.2) is 47.5 Å². The van der Waals surface area contributed by atoms with Crippen molar-refractivity contribution in [2.45, 2.75) is 17.7 Å². The second-order valence-corrected chi connectivity index (χ2v) is 11.4. The topological polar surface area (TPSA) is 87.6 Å². The number of aliphatic imine (C=N–C) groups is 1. The summed E-state index contributed by atoms with van der Waals surface area (Å²) in [4.78, 5) is 17.0. The van der Waals surface area contributed by atoms with E-state index in [0.29, 0.717) is 39.4 Å².